The van der Waals surface area contributed by atoms with E-state index in [1.54, 1.807) is 0 Å². The summed E-state index contributed by atoms with van der Waals surface area (Å²) < 4.78 is 0. The third-order valence-corrected chi connectivity index (χ3v) is 2.45. The second kappa shape index (κ2) is 5.07. The number of nitrogens with zero attached hydrogens (tertiary/aromatic N) is 2. The van der Waals surface area contributed by atoms with Gasteiger partial charge in [-0.2, -0.15) is 0 Å². The van der Waals surface area contributed by atoms with Gasteiger partial charge in [0.1, 0.15) is 6.73 Å². The van der Waals surface area contributed by atoms with E-state index in [-0.39, 0.29) is 12.8 Å². The molecule has 4 heteroatoms. The summed E-state index contributed by atoms with van der Waals surface area (Å²) in [6.07, 6.45) is 3.40. The van der Waals surface area contributed by atoms with Gasteiger partial charge in [-0.25, -0.2) is 4.79 Å². The second-order valence-electron chi connectivity index (χ2n) is 3.33. The van der Waals surface area contributed by atoms with Gasteiger partial charge in [0.25, 0.3) is 0 Å². The van der Waals surface area contributed by atoms with Gasteiger partial charge in [-0.3, -0.25) is 0 Å². The average Bonchev–Trinajstić information content (AvgIpc) is 2.21. The minimum absolute atomic E-state index is 0.0234. The zero-order valence-corrected chi connectivity index (χ0v) is 8.20. The fourth-order valence-electron chi connectivity index (χ4n) is 1.58. The van der Waals surface area contributed by atoms with Crippen LogP contribution in [0.5, 0.6) is 0 Å². The van der Waals surface area contributed by atoms with Crippen molar-refractivity contribution in [2.75, 3.05) is 26.4 Å². The number of piperidine rings is 1. The van der Waals surface area contributed by atoms with Crippen LogP contribution in [0.4, 0.5) is 4.79 Å². The monoisotopic (exact) mass is 186 g/mol. The molecule has 1 fully saturated rings. The van der Waals surface area contributed by atoms with Gasteiger partial charge in [0.15, 0.2) is 0 Å². The lowest BCUT2D eigenvalue weighted by molar-refractivity contribution is 0.0947. The number of rotatable bonds is 2. The molecule has 0 radical (unpaired) electrons. The highest BCUT2D eigenvalue weighted by Gasteiger charge is 2.20. The third-order valence-electron chi connectivity index (χ3n) is 2.45. The van der Waals surface area contributed by atoms with E-state index >= 15 is 0 Å². The number of hydrogen-bond acceptors (Lipinski definition) is 2. The van der Waals surface area contributed by atoms with Gasteiger partial charge in [0.05, 0.1) is 0 Å². The molecule has 1 saturated heterocycles. The van der Waals surface area contributed by atoms with E-state index in [1.807, 2.05) is 11.8 Å². The van der Waals surface area contributed by atoms with Crippen molar-refractivity contribution in [1.29, 1.82) is 0 Å². The number of carbonyl (C=O) groups is 1. The minimum atomic E-state index is -0.175. The number of likely N-dealkylation sites (tertiary alicyclic amines) is 1. The van der Waals surface area contributed by atoms with Crippen LogP contribution in [0.15, 0.2) is 0 Å². The Balaban J connectivity index is 2.44. The lowest BCUT2D eigenvalue weighted by atomic mass is 10.1. The van der Waals surface area contributed by atoms with Crippen molar-refractivity contribution in [3.05, 3.63) is 0 Å². The van der Waals surface area contributed by atoms with Gasteiger partial charge < -0.3 is 14.9 Å². The van der Waals surface area contributed by atoms with Crippen molar-refractivity contribution >= 4 is 6.03 Å². The molecule has 0 aliphatic carbocycles. The van der Waals surface area contributed by atoms with Crippen LogP contribution in [0.25, 0.3) is 0 Å². The van der Waals surface area contributed by atoms with Crippen molar-refractivity contribution in [1.82, 2.24) is 9.80 Å². The lowest BCUT2D eigenvalue weighted by Gasteiger charge is -2.31. The molecule has 13 heavy (non-hydrogen) atoms. The summed E-state index contributed by atoms with van der Waals surface area (Å²) in [6.45, 7) is 3.96. The highest BCUT2D eigenvalue weighted by molar-refractivity contribution is 5.74. The van der Waals surface area contributed by atoms with Crippen LogP contribution in [0.1, 0.15) is 26.2 Å². The van der Waals surface area contributed by atoms with E-state index in [0.29, 0.717) is 6.54 Å². The van der Waals surface area contributed by atoms with Gasteiger partial charge in [0, 0.05) is 19.6 Å². The summed E-state index contributed by atoms with van der Waals surface area (Å²) in [7, 11) is 0. The number of aliphatic hydroxyl groups excluding tert-OH is 1. The van der Waals surface area contributed by atoms with Gasteiger partial charge >= 0.3 is 6.03 Å². The molecule has 0 atom stereocenters. The zero-order chi connectivity index (χ0) is 9.68. The molecule has 0 aromatic carbocycles. The fourth-order valence-corrected chi connectivity index (χ4v) is 1.58. The molecular weight excluding hydrogens is 168 g/mol. The van der Waals surface area contributed by atoms with Crippen LogP contribution >= 0.6 is 0 Å². The van der Waals surface area contributed by atoms with E-state index < -0.39 is 0 Å². The first-order chi connectivity index (χ1) is 6.29. The largest absolute Gasteiger partial charge is 0.376 e. The number of urea groups is 1. The molecule has 4 nitrogen and oxygen atoms in total. The van der Waals surface area contributed by atoms with Gasteiger partial charge in [-0.05, 0) is 26.2 Å². The van der Waals surface area contributed by atoms with Crippen molar-refractivity contribution in [2.45, 2.75) is 26.2 Å². The third kappa shape index (κ3) is 2.59. The maximum Gasteiger partial charge on any atom is 0.321 e. The molecule has 1 aliphatic rings. The van der Waals surface area contributed by atoms with Crippen molar-refractivity contribution in [3.8, 4) is 0 Å². The maximum absolute atomic E-state index is 11.7. The Morgan fingerprint density at radius 2 is 2.00 bits per heavy atom. The first-order valence-electron chi connectivity index (χ1n) is 4.94. The molecule has 0 spiro atoms. The van der Waals surface area contributed by atoms with Crippen LogP contribution in [0, 0.1) is 0 Å². The quantitative estimate of drug-likeness (QED) is 0.650. The second-order valence-corrected chi connectivity index (χ2v) is 3.33. The minimum Gasteiger partial charge on any atom is -0.376 e. The van der Waals surface area contributed by atoms with Gasteiger partial charge in [0.2, 0.25) is 0 Å². The average molecular weight is 186 g/mol. The van der Waals surface area contributed by atoms with Crippen LogP contribution in [0.2, 0.25) is 0 Å². The number of aliphatic hydroxyl groups is 1. The number of amides is 2. The molecule has 0 aromatic heterocycles. The maximum atomic E-state index is 11.7. The Bertz CT molecular complexity index is 163. The molecule has 0 bridgehead atoms. The highest BCUT2D eigenvalue weighted by atomic mass is 16.3. The molecule has 1 N–H and O–H groups in total. The molecule has 1 aliphatic heterocycles. The Morgan fingerprint density at radius 3 is 2.46 bits per heavy atom. The summed E-state index contributed by atoms with van der Waals surface area (Å²) in [4.78, 5) is 14.9. The topological polar surface area (TPSA) is 43.8 Å². The summed E-state index contributed by atoms with van der Waals surface area (Å²) in [6, 6.07) is -0.0234. The molecule has 1 rings (SSSR count). The summed E-state index contributed by atoms with van der Waals surface area (Å²) in [5.74, 6) is 0. The predicted molar refractivity (Wildman–Crippen MR) is 50.3 cm³/mol. The summed E-state index contributed by atoms with van der Waals surface area (Å²) >= 11 is 0. The molecule has 0 unspecified atom stereocenters. The van der Waals surface area contributed by atoms with Crippen molar-refractivity contribution < 1.29 is 9.90 Å². The highest BCUT2D eigenvalue weighted by Crippen LogP contribution is 2.10. The van der Waals surface area contributed by atoms with Crippen LogP contribution in [-0.2, 0) is 0 Å². The molecule has 1 heterocycles. The smallest absolute Gasteiger partial charge is 0.321 e. The Hall–Kier alpha value is -0.770. The number of hydrogen-bond donors (Lipinski definition) is 1. The van der Waals surface area contributed by atoms with E-state index in [9.17, 15) is 4.79 Å². The first kappa shape index (κ1) is 10.3. The number of carbonyl (C=O) groups excluding carboxylic acids is 1. The molecule has 0 aromatic rings. The van der Waals surface area contributed by atoms with E-state index in [0.717, 1.165) is 25.9 Å². The zero-order valence-electron chi connectivity index (χ0n) is 8.20. The fraction of sp³-hybridized carbons (Fsp3) is 0.889. The molecule has 2 amide bonds. The van der Waals surface area contributed by atoms with Gasteiger partial charge in [-0.1, -0.05) is 0 Å². The van der Waals surface area contributed by atoms with Crippen LogP contribution in [0.3, 0.4) is 0 Å². The Labute approximate surface area is 79.1 Å². The Morgan fingerprint density at radius 1 is 1.38 bits per heavy atom. The van der Waals surface area contributed by atoms with Crippen molar-refractivity contribution in [2.24, 2.45) is 0 Å². The van der Waals surface area contributed by atoms with E-state index in [2.05, 4.69) is 0 Å². The van der Waals surface area contributed by atoms with E-state index in [1.165, 1.54) is 11.3 Å². The van der Waals surface area contributed by atoms with Gasteiger partial charge in [-0.15, -0.1) is 0 Å². The summed E-state index contributed by atoms with van der Waals surface area (Å²) in [5.41, 5.74) is 0. The SMILES string of the molecule is CCN(CO)C(=O)N1CCCCC1. The normalized spacial score (nSPS) is 17.2. The van der Waals surface area contributed by atoms with E-state index in [4.69, 9.17) is 5.11 Å². The lowest BCUT2D eigenvalue weighted by Crippen LogP contribution is -2.45. The predicted octanol–water partition coefficient (Wildman–Crippen LogP) is 0.864. The standard InChI is InChI=1S/C9H18N2O2/c1-2-10(8-12)9(13)11-6-4-3-5-7-11/h12H,2-8H2,1H3. The van der Waals surface area contributed by atoms with Crippen LogP contribution < -0.4 is 0 Å². The van der Waals surface area contributed by atoms with Crippen molar-refractivity contribution in [3.63, 3.8) is 0 Å². The van der Waals surface area contributed by atoms with Crippen LogP contribution in [-0.4, -0.2) is 47.3 Å². The molecule has 0 saturated carbocycles. The molecular formula is C9H18N2O2. The first-order valence-corrected chi connectivity index (χ1v) is 4.94. The summed E-state index contributed by atoms with van der Waals surface area (Å²) in [5, 5.41) is 8.91. The molecule has 76 valence electrons. The Kier molecular flexibility index (Phi) is 4.02.